The molecule has 0 unspecified atom stereocenters. The van der Waals surface area contributed by atoms with Gasteiger partial charge in [-0.1, -0.05) is 18.2 Å². The molecule has 1 aliphatic heterocycles. The molecule has 7 heteroatoms. The minimum Gasteiger partial charge on any atom is -0.339 e. The summed E-state index contributed by atoms with van der Waals surface area (Å²) in [5.41, 5.74) is 3.11. The average Bonchev–Trinajstić information content (AvgIpc) is 3.05. The van der Waals surface area contributed by atoms with Crippen molar-refractivity contribution < 1.29 is 9.59 Å². The van der Waals surface area contributed by atoms with E-state index in [1.54, 1.807) is 23.1 Å². The highest BCUT2D eigenvalue weighted by Gasteiger charge is 2.18. The van der Waals surface area contributed by atoms with Gasteiger partial charge in [-0.05, 0) is 69.3 Å². The molecule has 2 aromatic carbocycles. The number of nitrogens with one attached hydrogen (secondary N) is 1. The molecule has 0 atom stereocenters. The molecule has 2 amide bonds. The van der Waals surface area contributed by atoms with Crippen LogP contribution in [-0.2, 0) is 11.3 Å². The minimum absolute atomic E-state index is 0.0222. The summed E-state index contributed by atoms with van der Waals surface area (Å²) in [6.45, 7) is 9.97. The van der Waals surface area contributed by atoms with Crippen molar-refractivity contribution in [3.8, 4) is 6.07 Å². The Labute approximate surface area is 196 Å². The van der Waals surface area contributed by atoms with Crippen LogP contribution in [0.2, 0.25) is 0 Å². The van der Waals surface area contributed by atoms with Gasteiger partial charge in [0.15, 0.2) is 0 Å². The summed E-state index contributed by atoms with van der Waals surface area (Å²) in [6, 6.07) is 17.0. The van der Waals surface area contributed by atoms with Crippen molar-refractivity contribution in [1.29, 1.82) is 5.26 Å². The van der Waals surface area contributed by atoms with Crippen molar-refractivity contribution in [3.63, 3.8) is 0 Å². The standard InChI is InChI=1S/C26H33N5O2/c1-3-31(4-2)26(33)23-7-5-8-24(17-23)28-25(32)20-30-14-6-13-29(15-16-30)19-22-11-9-21(18-27)10-12-22/h5,7-12,17H,3-4,6,13-16,19-20H2,1-2H3,(H,28,32). The Hall–Kier alpha value is -3.21. The topological polar surface area (TPSA) is 79.7 Å². The van der Waals surface area contributed by atoms with Crippen LogP contribution in [-0.4, -0.2) is 72.3 Å². The fourth-order valence-electron chi connectivity index (χ4n) is 4.11. The van der Waals surface area contributed by atoms with Crippen molar-refractivity contribution >= 4 is 17.5 Å². The van der Waals surface area contributed by atoms with Crippen molar-refractivity contribution in [2.45, 2.75) is 26.8 Å². The second kappa shape index (κ2) is 12.1. The van der Waals surface area contributed by atoms with E-state index in [2.05, 4.69) is 21.2 Å². The molecule has 0 aromatic heterocycles. The van der Waals surface area contributed by atoms with Crippen LogP contribution in [0.15, 0.2) is 48.5 Å². The molecule has 3 rings (SSSR count). The molecule has 0 aliphatic carbocycles. The molecule has 1 aliphatic rings. The highest BCUT2D eigenvalue weighted by Crippen LogP contribution is 2.14. The van der Waals surface area contributed by atoms with Gasteiger partial charge in [0.1, 0.15) is 0 Å². The van der Waals surface area contributed by atoms with Crippen LogP contribution in [0, 0.1) is 11.3 Å². The van der Waals surface area contributed by atoms with Gasteiger partial charge in [-0.3, -0.25) is 19.4 Å². The van der Waals surface area contributed by atoms with Gasteiger partial charge in [0, 0.05) is 44.0 Å². The summed E-state index contributed by atoms with van der Waals surface area (Å²) in [4.78, 5) is 31.6. The van der Waals surface area contributed by atoms with Crippen LogP contribution in [0.1, 0.15) is 41.8 Å². The zero-order chi connectivity index (χ0) is 23.6. The summed E-state index contributed by atoms with van der Waals surface area (Å²) in [5, 5.41) is 11.9. The molecule has 1 saturated heterocycles. The maximum Gasteiger partial charge on any atom is 0.253 e. The first-order valence-corrected chi connectivity index (χ1v) is 11.6. The van der Waals surface area contributed by atoms with Gasteiger partial charge in [-0.25, -0.2) is 0 Å². The molecule has 1 fully saturated rings. The molecule has 1 N–H and O–H groups in total. The number of carbonyl (C=O) groups is 2. The van der Waals surface area contributed by atoms with Gasteiger partial charge in [-0.15, -0.1) is 0 Å². The maximum absolute atomic E-state index is 12.7. The quantitative estimate of drug-likeness (QED) is 0.672. The number of amides is 2. The third-order valence-corrected chi connectivity index (χ3v) is 5.98. The second-order valence-electron chi connectivity index (χ2n) is 8.32. The number of nitrogens with zero attached hydrogens (tertiary/aromatic N) is 4. The fraction of sp³-hybridized carbons (Fsp3) is 0.423. The summed E-state index contributed by atoms with van der Waals surface area (Å²) >= 11 is 0. The molecule has 0 radical (unpaired) electrons. The number of carbonyl (C=O) groups excluding carboxylic acids is 2. The molecule has 174 valence electrons. The van der Waals surface area contributed by atoms with Crippen LogP contribution < -0.4 is 5.32 Å². The van der Waals surface area contributed by atoms with E-state index in [0.29, 0.717) is 36.4 Å². The van der Waals surface area contributed by atoms with E-state index in [-0.39, 0.29) is 11.8 Å². The monoisotopic (exact) mass is 447 g/mol. The Balaban J connectivity index is 1.50. The Kier molecular flexibility index (Phi) is 8.99. The van der Waals surface area contributed by atoms with E-state index < -0.39 is 0 Å². The number of benzene rings is 2. The Morgan fingerprint density at radius 3 is 2.39 bits per heavy atom. The van der Waals surface area contributed by atoms with Gasteiger partial charge in [0.05, 0.1) is 18.2 Å². The molecule has 2 aromatic rings. The highest BCUT2D eigenvalue weighted by atomic mass is 16.2. The smallest absolute Gasteiger partial charge is 0.253 e. The third kappa shape index (κ3) is 7.14. The molecule has 1 heterocycles. The lowest BCUT2D eigenvalue weighted by Gasteiger charge is -2.22. The molecule has 0 saturated carbocycles. The highest BCUT2D eigenvalue weighted by molar-refractivity contribution is 5.97. The third-order valence-electron chi connectivity index (χ3n) is 5.98. The maximum atomic E-state index is 12.7. The number of nitriles is 1. The zero-order valence-electron chi connectivity index (χ0n) is 19.6. The van der Waals surface area contributed by atoms with Crippen molar-refractivity contribution in [3.05, 3.63) is 65.2 Å². The predicted octanol–water partition coefficient (Wildman–Crippen LogP) is 3.19. The molecular weight excluding hydrogens is 414 g/mol. The van der Waals surface area contributed by atoms with Gasteiger partial charge >= 0.3 is 0 Å². The first kappa shape index (κ1) is 24.4. The SMILES string of the molecule is CCN(CC)C(=O)c1cccc(NC(=O)CN2CCCN(Cc3ccc(C#N)cc3)CC2)c1. The summed E-state index contributed by atoms with van der Waals surface area (Å²) in [5.74, 6) is -0.0889. The van der Waals surface area contributed by atoms with Crippen LogP contribution in [0.3, 0.4) is 0 Å². The minimum atomic E-state index is -0.0667. The largest absolute Gasteiger partial charge is 0.339 e. The lowest BCUT2D eigenvalue weighted by molar-refractivity contribution is -0.117. The van der Waals surface area contributed by atoms with Gasteiger partial charge in [0.2, 0.25) is 5.91 Å². The van der Waals surface area contributed by atoms with E-state index >= 15 is 0 Å². The van der Waals surface area contributed by atoms with E-state index in [9.17, 15) is 9.59 Å². The van der Waals surface area contributed by atoms with E-state index in [1.807, 2.05) is 44.2 Å². The molecule has 0 bridgehead atoms. The van der Waals surface area contributed by atoms with Gasteiger partial charge in [0.25, 0.3) is 5.91 Å². The van der Waals surface area contributed by atoms with E-state index in [0.717, 1.165) is 39.1 Å². The van der Waals surface area contributed by atoms with Gasteiger partial charge in [-0.2, -0.15) is 5.26 Å². The number of rotatable bonds is 8. The Morgan fingerprint density at radius 1 is 1.00 bits per heavy atom. The second-order valence-corrected chi connectivity index (χ2v) is 8.32. The Bertz CT molecular complexity index is 979. The molecular formula is C26H33N5O2. The molecule has 33 heavy (non-hydrogen) atoms. The van der Waals surface area contributed by atoms with Crippen LogP contribution >= 0.6 is 0 Å². The number of anilines is 1. The first-order valence-electron chi connectivity index (χ1n) is 11.6. The van der Waals surface area contributed by atoms with Crippen LogP contribution in [0.5, 0.6) is 0 Å². The van der Waals surface area contributed by atoms with E-state index in [4.69, 9.17) is 5.26 Å². The van der Waals surface area contributed by atoms with Crippen LogP contribution in [0.4, 0.5) is 5.69 Å². The van der Waals surface area contributed by atoms with E-state index in [1.165, 1.54) is 5.56 Å². The predicted molar refractivity (Wildman–Crippen MR) is 130 cm³/mol. The fourth-order valence-corrected chi connectivity index (χ4v) is 4.11. The number of hydrogen-bond donors (Lipinski definition) is 1. The van der Waals surface area contributed by atoms with Crippen molar-refractivity contribution in [1.82, 2.24) is 14.7 Å². The number of hydrogen-bond acceptors (Lipinski definition) is 5. The normalized spacial score (nSPS) is 14.8. The average molecular weight is 448 g/mol. The summed E-state index contributed by atoms with van der Waals surface area (Å²) in [7, 11) is 0. The van der Waals surface area contributed by atoms with Crippen LogP contribution in [0.25, 0.3) is 0 Å². The zero-order valence-corrected chi connectivity index (χ0v) is 19.6. The molecule has 0 spiro atoms. The van der Waals surface area contributed by atoms with Crippen molar-refractivity contribution in [2.75, 3.05) is 51.1 Å². The summed E-state index contributed by atoms with van der Waals surface area (Å²) < 4.78 is 0. The lowest BCUT2D eigenvalue weighted by Crippen LogP contribution is -2.36. The lowest BCUT2D eigenvalue weighted by atomic mass is 10.1. The Morgan fingerprint density at radius 2 is 1.70 bits per heavy atom. The van der Waals surface area contributed by atoms with Crippen molar-refractivity contribution in [2.24, 2.45) is 0 Å². The molecule has 7 nitrogen and oxygen atoms in total. The first-order chi connectivity index (χ1) is 16.0. The van der Waals surface area contributed by atoms with Gasteiger partial charge < -0.3 is 10.2 Å². The summed E-state index contributed by atoms with van der Waals surface area (Å²) in [6.07, 6.45) is 0.997.